The Morgan fingerprint density at radius 3 is 2.26 bits per heavy atom. The lowest BCUT2D eigenvalue weighted by molar-refractivity contribution is -0.127. The number of oxime groups is 1. The van der Waals surface area contributed by atoms with Crippen LogP contribution in [0, 0.1) is 11.8 Å². The molecular formula is C14H27N3O2. The van der Waals surface area contributed by atoms with Crippen molar-refractivity contribution in [3.63, 3.8) is 0 Å². The standard InChI is InChI=1S/C14H27N3O2/c1-4-14(5-2,13(15)17-19)16-12(18)11-8-6-10(3)7-9-11/h10-11,19H,4-9H2,1-3H3,(H2,15,17)(H,16,18). The zero-order valence-corrected chi connectivity index (χ0v) is 12.3. The van der Waals surface area contributed by atoms with Gasteiger partial charge in [-0.1, -0.05) is 25.9 Å². The van der Waals surface area contributed by atoms with E-state index in [4.69, 9.17) is 10.9 Å². The second kappa shape index (κ2) is 6.78. The molecular weight excluding hydrogens is 242 g/mol. The highest BCUT2D eigenvalue weighted by Gasteiger charge is 2.35. The molecule has 0 radical (unpaired) electrons. The van der Waals surface area contributed by atoms with Crippen molar-refractivity contribution in [2.45, 2.75) is 64.8 Å². The molecule has 110 valence electrons. The maximum Gasteiger partial charge on any atom is 0.223 e. The van der Waals surface area contributed by atoms with E-state index in [1.165, 1.54) is 0 Å². The molecule has 0 aromatic carbocycles. The van der Waals surface area contributed by atoms with Gasteiger partial charge in [-0.2, -0.15) is 0 Å². The SMILES string of the molecule is CCC(CC)(NC(=O)C1CCC(C)CC1)C(N)=NO. The number of amidine groups is 1. The highest BCUT2D eigenvalue weighted by atomic mass is 16.4. The third-order valence-electron chi connectivity index (χ3n) is 4.55. The summed E-state index contributed by atoms with van der Waals surface area (Å²) in [5, 5.41) is 15.0. The van der Waals surface area contributed by atoms with Gasteiger partial charge in [-0.15, -0.1) is 0 Å². The number of hydrogen-bond acceptors (Lipinski definition) is 3. The molecule has 5 heteroatoms. The first kappa shape index (κ1) is 15.8. The normalized spacial score (nSPS) is 25.1. The minimum atomic E-state index is -0.713. The van der Waals surface area contributed by atoms with Crippen molar-refractivity contribution in [1.82, 2.24) is 5.32 Å². The Bertz CT molecular complexity index is 330. The summed E-state index contributed by atoms with van der Waals surface area (Å²) in [5.41, 5.74) is 5.05. The summed E-state index contributed by atoms with van der Waals surface area (Å²) in [6.45, 7) is 6.10. The number of carbonyl (C=O) groups excluding carboxylic acids is 1. The summed E-state index contributed by atoms with van der Waals surface area (Å²) in [5.74, 6) is 0.924. The fourth-order valence-electron chi connectivity index (χ4n) is 2.81. The molecule has 0 aromatic heterocycles. The van der Waals surface area contributed by atoms with Crippen LogP contribution in [0.5, 0.6) is 0 Å². The lowest BCUT2D eigenvalue weighted by atomic mass is 9.81. The number of carbonyl (C=O) groups is 1. The molecule has 0 saturated heterocycles. The Balaban J connectivity index is 2.72. The molecule has 0 spiro atoms. The maximum atomic E-state index is 12.4. The van der Waals surface area contributed by atoms with Crippen molar-refractivity contribution in [2.24, 2.45) is 22.7 Å². The number of rotatable bonds is 5. The van der Waals surface area contributed by atoms with E-state index in [2.05, 4.69) is 17.4 Å². The number of nitrogens with zero attached hydrogens (tertiary/aromatic N) is 1. The van der Waals surface area contributed by atoms with Crippen LogP contribution in [0.15, 0.2) is 5.16 Å². The van der Waals surface area contributed by atoms with E-state index >= 15 is 0 Å². The van der Waals surface area contributed by atoms with Gasteiger partial charge in [0.1, 0.15) is 5.54 Å². The molecule has 5 nitrogen and oxygen atoms in total. The van der Waals surface area contributed by atoms with Crippen molar-refractivity contribution in [3.05, 3.63) is 0 Å². The van der Waals surface area contributed by atoms with Crippen LogP contribution >= 0.6 is 0 Å². The molecule has 1 fully saturated rings. The molecule has 0 heterocycles. The van der Waals surface area contributed by atoms with Crippen molar-refractivity contribution in [2.75, 3.05) is 0 Å². The molecule has 4 N–H and O–H groups in total. The molecule has 1 saturated carbocycles. The molecule has 1 aliphatic carbocycles. The van der Waals surface area contributed by atoms with E-state index < -0.39 is 5.54 Å². The zero-order chi connectivity index (χ0) is 14.5. The van der Waals surface area contributed by atoms with Gasteiger partial charge in [-0.3, -0.25) is 4.79 Å². The third-order valence-corrected chi connectivity index (χ3v) is 4.55. The van der Waals surface area contributed by atoms with Gasteiger partial charge in [0.2, 0.25) is 5.91 Å². The average Bonchev–Trinajstić information content (AvgIpc) is 2.44. The van der Waals surface area contributed by atoms with E-state index in [1.54, 1.807) is 0 Å². The molecule has 0 aliphatic heterocycles. The van der Waals surface area contributed by atoms with Crippen LogP contribution in [-0.2, 0) is 4.79 Å². The van der Waals surface area contributed by atoms with Gasteiger partial charge in [-0.25, -0.2) is 0 Å². The van der Waals surface area contributed by atoms with Gasteiger partial charge in [0, 0.05) is 5.92 Å². The first-order valence-electron chi connectivity index (χ1n) is 7.29. The van der Waals surface area contributed by atoms with E-state index in [0.717, 1.165) is 31.6 Å². The first-order valence-corrected chi connectivity index (χ1v) is 7.29. The Kier molecular flexibility index (Phi) is 5.63. The van der Waals surface area contributed by atoms with E-state index in [-0.39, 0.29) is 17.7 Å². The topological polar surface area (TPSA) is 87.7 Å². The highest BCUT2D eigenvalue weighted by Crippen LogP contribution is 2.29. The number of nitrogens with one attached hydrogen (secondary N) is 1. The highest BCUT2D eigenvalue weighted by molar-refractivity contribution is 5.94. The van der Waals surface area contributed by atoms with E-state index in [1.807, 2.05) is 13.8 Å². The Morgan fingerprint density at radius 2 is 1.84 bits per heavy atom. The Labute approximate surface area is 115 Å². The summed E-state index contributed by atoms with van der Waals surface area (Å²) in [6.07, 6.45) is 5.32. The van der Waals surface area contributed by atoms with E-state index in [0.29, 0.717) is 12.8 Å². The van der Waals surface area contributed by atoms with Gasteiger partial charge in [0.05, 0.1) is 0 Å². The summed E-state index contributed by atoms with van der Waals surface area (Å²) in [6, 6.07) is 0. The zero-order valence-electron chi connectivity index (χ0n) is 12.3. The van der Waals surface area contributed by atoms with E-state index in [9.17, 15) is 4.79 Å². The van der Waals surface area contributed by atoms with Crippen LogP contribution in [0.3, 0.4) is 0 Å². The lowest BCUT2D eigenvalue weighted by Gasteiger charge is -2.34. The van der Waals surface area contributed by atoms with Gasteiger partial charge >= 0.3 is 0 Å². The Morgan fingerprint density at radius 1 is 1.32 bits per heavy atom. The maximum absolute atomic E-state index is 12.4. The lowest BCUT2D eigenvalue weighted by Crippen LogP contribution is -2.58. The van der Waals surface area contributed by atoms with Crippen molar-refractivity contribution in [1.29, 1.82) is 0 Å². The second-order valence-electron chi connectivity index (χ2n) is 5.72. The summed E-state index contributed by atoms with van der Waals surface area (Å²) >= 11 is 0. The minimum Gasteiger partial charge on any atom is -0.409 e. The largest absolute Gasteiger partial charge is 0.409 e. The minimum absolute atomic E-state index is 0.0437. The van der Waals surface area contributed by atoms with Crippen LogP contribution in [0.25, 0.3) is 0 Å². The molecule has 0 bridgehead atoms. The second-order valence-corrected chi connectivity index (χ2v) is 5.72. The van der Waals surface area contributed by atoms with Crippen LogP contribution in [0.1, 0.15) is 59.3 Å². The van der Waals surface area contributed by atoms with Crippen LogP contribution in [0.4, 0.5) is 0 Å². The number of hydrogen-bond donors (Lipinski definition) is 3. The summed E-state index contributed by atoms with van der Waals surface area (Å²) in [7, 11) is 0. The average molecular weight is 269 g/mol. The smallest absolute Gasteiger partial charge is 0.223 e. The predicted octanol–water partition coefficient (Wildman–Crippen LogP) is 2.23. The molecule has 1 rings (SSSR count). The van der Waals surface area contributed by atoms with Gasteiger partial charge in [-0.05, 0) is 44.4 Å². The summed E-state index contributed by atoms with van der Waals surface area (Å²) in [4.78, 5) is 12.4. The molecule has 19 heavy (non-hydrogen) atoms. The first-order chi connectivity index (χ1) is 8.99. The molecule has 0 aromatic rings. The Hall–Kier alpha value is -1.26. The third kappa shape index (κ3) is 3.61. The van der Waals surface area contributed by atoms with Gasteiger partial charge < -0.3 is 16.3 Å². The van der Waals surface area contributed by atoms with Crippen LogP contribution in [-0.4, -0.2) is 22.5 Å². The van der Waals surface area contributed by atoms with Gasteiger partial charge in [0.25, 0.3) is 0 Å². The molecule has 1 aliphatic rings. The summed E-state index contributed by atoms with van der Waals surface area (Å²) < 4.78 is 0. The van der Waals surface area contributed by atoms with Gasteiger partial charge in [0.15, 0.2) is 5.84 Å². The monoisotopic (exact) mass is 269 g/mol. The molecule has 0 atom stereocenters. The van der Waals surface area contributed by atoms with Crippen molar-refractivity contribution < 1.29 is 10.0 Å². The fourth-order valence-corrected chi connectivity index (χ4v) is 2.81. The van der Waals surface area contributed by atoms with Crippen LogP contribution in [0.2, 0.25) is 0 Å². The van der Waals surface area contributed by atoms with Crippen molar-refractivity contribution in [3.8, 4) is 0 Å². The van der Waals surface area contributed by atoms with Crippen LogP contribution < -0.4 is 11.1 Å². The number of nitrogens with two attached hydrogens (primary N) is 1. The number of amides is 1. The molecule has 1 amide bonds. The predicted molar refractivity (Wildman–Crippen MR) is 76.0 cm³/mol. The quantitative estimate of drug-likeness (QED) is 0.309. The molecule has 0 unspecified atom stereocenters. The van der Waals surface area contributed by atoms with Crippen molar-refractivity contribution >= 4 is 11.7 Å². The fraction of sp³-hybridized carbons (Fsp3) is 0.857.